The first kappa shape index (κ1) is 15.4. The number of para-hydroxylation sites is 2. The van der Waals surface area contributed by atoms with E-state index in [1.54, 1.807) is 18.0 Å². The number of piperazine rings is 1. The molecule has 2 aromatic heterocycles. The molecule has 3 heterocycles. The second-order valence-corrected chi connectivity index (χ2v) is 6.61. The van der Waals surface area contributed by atoms with Crippen LogP contribution in [0.1, 0.15) is 0 Å². The lowest BCUT2D eigenvalue weighted by Crippen LogP contribution is -2.43. The molecule has 1 N–H and O–H groups in total. The quantitative estimate of drug-likeness (QED) is 0.740. The highest BCUT2D eigenvalue weighted by molar-refractivity contribution is 7.96. The molecule has 24 heavy (non-hydrogen) atoms. The number of H-pyrrole nitrogens is 1. The van der Waals surface area contributed by atoms with Gasteiger partial charge in [-0.25, -0.2) is 18.7 Å². The van der Waals surface area contributed by atoms with Gasteiger partial charge in [-0.1, -0.05) is 24.1 Å². The molecule has 124 valence electrons. The molecule has 0 aliphatic carbocycles. The zero-order valence-electron chi connectivity index (χ0n) is 13.4. The zero-order chi connectivity index (χ0) is 16.5. The number of hydrogen-bond acceptors (Lipinski definition) is 5. The van der Waals surface area contributed by atoms with E-state index in [0.717, 1.165) is 43.0 Å². The van der Waals surface area contributed by atoms with Gasteiger partial charge in [0, 0.05) is 26.2 Å². The van der Waals surface area contributed by atoms with Crippen LogP contribution in [-0.4, -0.2) is 51.7 Å². The number of hydrogen-bond donors (Lipinski definition) is 1. The lowest BCUT2D eigenvalue weighted by molar-refractivity contribution is 0.429. The summed E-state index contributed by atoms with van der Waals surface area (Å²) < 4.78 is 16.6. The van der Waals surface area contributed by atoms with Gasteiger partial charge in [-0.05, 0) is 24.5 Å². The van der Waals surface area contributed by atoms with Crippen molar-refractivity contribution in [1.82, 2.24) is 19.3 Å². The fraction of sp³-hybridized carbons (Fsp3) is 0.294. The maximum Gasteiger partial charge on any atom is 0.152 e. The molecule has 7 heteroatoms. The number of nitrogens with one attached hydrogen (secondary N) is 1. The van der Waals surface area contributed by atoms with Gasteiger partial charge in [0.2, 0.25) is 0 Å². The molecule has 0 amide bonds. The number of fused-ring (bicyclic) bond motifs is 1. The number of rotatable bonds is 3. The first-order valence-corrected chi connectivity index (χ1v) is 9.07. The monoisotopic (exact) mass is 343 g/mol. The summed E-state index contributed by atoms with van der Waals surface area (Å²) in [5, 5.41) is 0. The smallest absolute Gasteiger partial charge is 0.152 e. The van der Waals surface area contributed by atoms with E-state index in [-0.39, 0.29) is 5.82 Å². The number of imidazole rings is 1. The van der Waals surface area contributed by atoms with E-state index < -0.39 is 0 Å². The van der Waals surface area contributed by atoms with Crippen LogP contribution in [0.5, 0.6) is 0 Å². The van der Waals surface area contributed by atoms with Gasteiger partial charge in [0.15, 0.2) is 5.82 Å². The normalized spacial score (nSPS) is 16.0. The highest BCUT2D eigenvalue weighted by atomic mass is 32.2. The Morgan fingerprint density at radius 2 is 1.96 bits per heavy atom. The average Bonchev–Trinajstić information content (AvgIpc) is 3.06. The molecule has 5 nitrogen and oxygen atoms in total. The summed E-state index contributed by atoms with van der Waals surface area (Å²) in [6, 6.07) is 9.50. The molecule has 1 saturated heterocycles. The van der Waals surface area contributed by atoms with Crippen molar-refractivity contribution in [3.63, 3.8) is 0 Å². The minimum Gasteiger partial charge on any atom is -0.354 e. The highest BCUT2D eigenvalue weighted by Crippen LogP contribution is 2.26. The van der Waals surface area contributed by atoms with Crippen LogP contribution >= 0.6 is 11.9 Å². The van der Waals surface area contributed by atoms with Crippen LogP contribution in [0.2, 0.25) is 0 Å². The fourth-order valence-electron chi connectivity index (χ4n) is 2.96. The first-order valence-electron chi connectivity index (χ1n) is 7.89. The maximum absolute atomic E-state index is 14.3. The molecule has 1 aromatic carbocycles. The van der Waals surface area contributed by atoms with Crippen LogP contribution in [0.15, 0.2) is 36.5 Å². The SMILES string of the molecule is CSN1CCN(c2cc(-c3nc4ccccc4[nH]3)c(F)cn2)CC1. The molecular weight excluding hydrogens is 325 g/mol. The molecule has 1 fully saturated rings. The molecule has 3 aromatic rings. The fourth-order valence-corrected chi connectivity index (χ4v) is 3.49. The van der Waals surface area contributed by atoms with Crippen molar-refractivity contribution in [1.29, 1.82) is 0 Å². The van der Waals surface area contributed by atoms with Gasteiger partial charge in [0.05, 0.1) is 22.8 Å². The molecule has 1 aliphatic heterocycles. The number of nitrogens with zero attached hydrogens (tertiary/aromatic N) is 4. The Morgan fingerprint density at radius 3 is 2.71 bits per heavy atom. The predicted octanol–water partition coefficient (Wildman–Crippen LogP) is 3.16. The highest BCUT2D eigenvalue weighted by Gasteiger charge is 2.19. The summed E-state index contributed by atoms with van der Waals surface area (Å²) in [6.07, 6.45) is 3.38. The van der Waals surface area contributed by atoms with Crippen molar-refractivity contribution in [3.8, 4) is 11.4 Å². The minimum atomic E-state index is -0.361. The van der Waals surface area contributed by atoms with Crippen molar-refractivity contribution in [2.45, 2.75) is 0 Å². The van der Waals surface area contributed by atoms with Crippen molar-refractivity contribution in [2.75, 3.05) is 37.3 Å². The largest absolute Gasteiger partial charge is 0.354 e. The molecule has 0 unspecified atom stereocenters. The van der Waals surface area contributed by atoms with Gasteiger partial charge in [-0.15, -0.1) is 0 Å². The van der Waals surface area contributed by atoms with Gasteiger partial charge >= 0.3 is 0 Å². The Kier molecular flexibility index (Phi) is 4.12. The van der Waals surface area contributed by atoms with Gasteiger partial charge in [0.25, 0.3) is 0 Å². The lowest BCUT2D eigenvalue weighted by atomic mass is 10.2. The molecule has 0 radical (unpaired) electrons. The molecule has 0 bridgehead atoms. The summed E-state index contributed by atoms with van der Waals surface area (Å²) in [4.78, 5) is 14.2. The summed E-state index contributed by atoms with van der Waals surface area (Å²) >= 11 is 1.76. The van der Waals surface area contributed by atoms with E-state index in [0.29, 0.717) is 11.4 Å². The summed E-state index contributed by atoms with van der Waals surface area (Å²) in [6.45, 7) is 3.72. The van der Waals surface area contributed by atoms with Gasteiger partial charge in [-0.3, -0.25) is 0 Å². The van der Waals surface area contributed by atoms with Crippen LogP contribution in [-0.2, 0) is 0 Å². The van der Waals surface area contributed by atoms with Crippen molar-refractivity contribution in [3.05, 3.63) is 42.3 Å². The second kappa shape index (κ2) is 6.41. The third-order valence-corrected chi connectivity index (χ3v) is 5.19. The standard InChI is InChI=1S/C17H18FN5S/c1-24-23-8-6-22(7-9-23)16-10-12(13(18)11-19-16)17-20-14-4-2-3-5-15(14)21-17/h2-5,10-11H,6-9H2,1H3,(H,20,21). The Balaban J connectivity index is 1.66. The molecule has 0 saturated carbocycles. The lowest BCUT2D eigenvalue weighted by Gasteiger charge is -2.34. The predicted molar refractivity (Wildman–Crippen MR) is 96.6 cm³/mol. The average molecular weight is 343 g/mol. The van der Waals surface area contributed by atoms with Crippen LogP contribution in [0.3, 0.4) is 0 Å². The third-order valence-electron chi connectivity index (χ3n) is 4.31. The summed E-state index contributed by atoms with van der Waals surface area (Å²) in [7, 11) is 0. The van der Waals surface area contributed by atoms with E-state index in [4.69, 9.17) is 0 Å². The molecule has 0 atom stereocenters. The Morgan fingerprint density at radius 1 is 1.17 bits per heavy atom. The molecule has 0 spiro atoms. The number of pyridine rings is 1. The molecular formula is C17H18FN5S. The van der Waals surface area contributed by atoms with Crippen LogP contribution < -0.4 is 4.90 Å². The maximum atomic E-state index is 14.3. The van der Waals surface area contributed by atoms with Gasteiger partial charge < -0.3 is 9.88 Å². The first-order chi connectivity index (χ1) is 11.7. The van der Waals surface area contributed by atoms with Gasteiger partial charge in [-0.2, -0.15) is 0 Å². The Labute approximate surface area is 144 Å². The number of benzene rings is 1. The third kappa shape index (κ3) is 2.85. The van der Waals surface area contributed by atoms with Crippen LogP contribution in [0.25, 0.3) is 22.4 Å². The van der Waals surface area contributed by atoms with E-state index >= 15 is 0 Å². The number of anilines is 1. The summed E-state index contributed by atoms with van der Waals surface area (Å²) in [5.74, 6) is 0.980. The number of aromatic amines is 1. The van der Waals surface area contributed by atoms with E-state index in [9.17, 15) is 4.39 Å². The summed E-state index contributed by atoms with van der Waals surface area (Å²) in [5.41, 5.74) is 2.20. The van der Waals surface area contributed by atoms with E-state index in [1.807, 2.05) is 24.3 Å². The zero-order valence-corrected chi connectivity index (χ0v) is 14.2. The number of halogens is 1. The van der Waals surface area contributed by atoms with Gasteiger partial charge in [0.1, 0.15) is 11.6 Å². The van der Waals surface area contributed by atoms with E-state index in [1.165, 1.54) is 6.20 Å². The molecule has 4 rings (SSSR count). The Hall–Kier alpha value is -2.12. The van der Waals surface area contributed by atoms with Crippen LogP contribution in [0.4, 0.5) is 10.2 Å². The van der Waals surface area contributed by atoms with Crippen molar-refractivity contribution >= 4 is 28.8 Å². The van der Waals surface area contributed by atoms with Crippen LogP contribution in [0, 0.1) is 5.82 Å². The Bertz CT molecular complexity index is 824. The topological polar surface area (TPSA) is 48.0 Å². The van der Waals surface area contributed by atoms with Crippen molar-refractivity contribution in [2.24, 2.45) is 0 Å². The molecule has 1 aliphatic rings. The second-order valence-electron chi connectivity index (χ2n) is 5.72. The number of aromatic nitrogens is 3. The van der Waals surface area contributed by atoms with E-state index in [2.05, 4.69) is 30.4 Å². The minimum absolute atomic E-state index is 0.361. The van der Waals surface area contributed by atoms with Crippen molar-refractivity contribution < 1.29 is 4.39 Å².